The maximum absolute atomic E-state index is 12.0. The summed E-state index contributed by atoms with van der Waals surface area (Å²) in [6.45, 7) is 4.74. The van der Waals surface area contributed by atoms with E-state index in [4.69, 9.17) is 0 Å². The molecule has 1 atom stereocenters. The molecule has 2 rings (SSSR count). The van der Waals surface area contributed by atoms with Crippen LogP contribution in [0.25, 0.3) is 0 Å². The lowest BCUT2D eigenvalue weighted by Crippen LogP contribution is -2.47. The lowest BCUT2D eigenvalue weighted by molar-refractivity contribution is -0.121. The number of hydrogen-bond acceptors (Lipinski definition) is 3. The monoisotopic (exact) mass is 331 g/mol. The second kappa shape index (κ2) is 10.1. The number of carbonyl (C=O) groups is 2. The third-order valence-corrected chi connectivity index (χ3v) is 4.48. The van der Waals surface area contributed by atoms with E-state index in [-0.39, 0.29) is 11.8 Å². The average molecular weight is 331 g/mol. The van der Waals surface area contributed by atoms with Gasteiger partial charge in [0.1, 0.15) is 0 Å². The molecule has 0 aliphatic carbocycles. The Hall–Kier alpha value is -1.88. The highest BCUT2D eigenvalue weighted by atomic mass is 16.2. The molecule has 0 aromatic heterocycles. The van der Waals surface area contributed by atoms with Crippen molar-refractivity contribution in [2.24, 2.45) is 0 Å². The summed E-state index contributed by atoms with van der Waals surface area (Å²) in [4.78, 5) is 25.3. The molecule has 1 unspecified atom stereocenters. The van der Waals surface area contributed by atoms with Gasteiger partial charge in [0, 0.05) is 32.5 Å². The van der Waals surface area contributed by atoms with E-state index in [1.54, 1.807) is 0 Å². The van der Waals surface area contributed by atoms with E-state index in [0.29, 0.717) is 25.6 Å². The summed E-state index contributed by atoms with van der Waals surface area (Å²) in [5, 5.41) is 5.70. The second-order valence-electron chi connectivity index (χ2n) is 6.48. The van der Waals surface area contributed by atoms with Crippen molar-refractivity contribution in [2.75, 3.05) is 26.2 Å². The van der Waals surface area contributed by atoms with Crippen LogP contribution in [0.5, 0.6) is 0 Å². The molecular weight excluding hydrogens is 302 g/mol. The van der Waals surface area contributed by atoms with Gasteiger partial charge in [-0.1, -0.05) is 36.8 Å². The Morgan fingerprint density at radius 1 is 1.08 bits per heavy atom. The summed E-state index contributed by atoms with van der Waals surface area (Å²) in [7, 11) is 0. The van der Waals surface area contributed by atoms with Gasteiger partial charge in [0.2, 0.25) is 11.8 Å². The first-order chi connectivity index (χ1) is 11.6. The second-order valence-corrected chi connectivity index (χ2v) is 6.48. The van der Waals surface area contributed by atoms with E-state index in [1.165, 1.54) is 31.7 Å². The molecule has 24 heavy (non-hydrogen) atoms. The first-order valence-electron chi connectivity index (χ1n) is 8.94. The predicted octanol–water partition coefficient (Wildman–Crippen LogP) is 1.73. The van der Waals surface area contributed by atoms with E-state index in [9.17, 15) is 9.59 Å². The van der Waals surface area contributed by atoms with E-state index in [2.05, 4.69) is 39.8 Å². The van der Waals surface area contributed by atoms with Gasteiger partial charge in [0.05, 0.1) is 0 Å². The van der Waals surface area contributed by atoms with Crippen molar-refractivity contribution >= 4 is 11.8 Å². The topological polar surface area (TPSA) is 61.4 Å². The van der Waals surface area contributed by atoms with Crippen molar-refractivity contribution in [2.45, 2.75) is 45.1 Å². The van der Waals surface area contributed by atoms with Crippen LogP contribution in [0.4, 0.5) is 0 Å². The average Bonchev–Trinajstić information content (AvgIpc) is 2.60. The summed E-state index contributed by atoms with van der Waals surface area (Å²) in [5.41, 5.74) is 1.31. The van der Waals surface area contributed by atoms with Gasteiger partial charge in [-0.3, -0.25) is 14.5 Å². The first kappa shape index (κ1) is 18.5. The number of nitrogens with one attached hydrogen (secondary N) is 2. The Morgan fingerprint density at radius 3 is 2.46 bits per heavy atom. The number of rotatable bonds is 8. The molecular formula is C19H29N3O2. The molecule has 2 amide bonds. The molecule has 2 N–H and O–H groups in total. The fraction of sp³-hybridized carbons (Fsp3) is 0.579. The highest BCUT2D eigenvalue weighted by molar-refractivity contribution is 5.77. The molecule has 1 aromatic rings. The Kier molecular flexibility index (Phi) is 7.75. The van der Waals surface area contributed by atoms with Gasteiger partial charge in [-0.25, -0.2) is 0 Å². The van der Waals surface area contributed by atoms with Crippen molar-refractivity contribution in [1.29, 1.82) is 0 Å². The maximum Gasteiger partial charge on any atom is 0.221 e. The van der Waals surface area contributed by atoms with E-state index in [1.807, 2.05) is 6.07 Å². The molecule has 0 radical (unpaired) electrons. The van der Waals surface area contributed by atoms with Crippen LogP contribution in [0, 0.1) is 0 Å². The zero-order valence-electron chi connectivity index (χ0n) is 14.6. The first-order valence-corrected chi connectivity index (χ1v) is 8.94. The highest BCUT2D eigenvalue weighted by Crippen LogP contribution is 2.15. The Morgan fingerprint density at radius 2 is 1.79 bits per heavy atom. The third-order valence-electron chi connectivity index (χ3n) is 4.48. The van der Waals surface area contributed by atoms with Crippen LogP contribution in [-0.2, 0) is 16.0 Å². The minimum absolute atomic E-state index is 0.00109. The zero-order chi connectivity index (χ0) is 17.2. The van der Waals surface area contributed by atoms with E-state index < -0.39 is 0 Å². The number of hydrogen-bond donors (Lipinski definition) is 2. The van der Waals surface area contributed by atoms with Crippen molar-refractivity contribution < 1.29 is 9.59 Å². The number of likely N-dealkylation sites (tertiary alicyclic amines) is 1. The predicted molar refractivity (Wildman–Crippen MR) is 95.7 cm³/mol. The lowest BCUT2D eigenvalue weighted by Gasteiger charge is -2.35. The zero-order valence-corrected chi connectivity index (χ0v) is 14.6. The maximum atomic E-state index is 12.0. The molecule has 1 fully saturated rings. The number of piperidine rings is 1. The molecule has 1 aliphatic rings. The van der Waals surface area contributed by atoms with Gasteiger partial charge in [-0.05, 0) is 37.9 Å². The number of nitrogens with zero attached hydrogens (tertiary/aromatic N) is 1. The van der Waals surface area contributed by atoms with Gasteiger partial charge in [-0.15, -0.1) is 0 Å². The molecule has 5 nitrogen and oxygen atoms in total. The van der Waals surface area contributed by atoms with Crippen molar-refractivity contribution in [1.82, 2.24) is 15.5 Å². The summed E-state index contributed by atoms with van der Waals surface area (Å²) in [6, 6.07) is 10.8. The highest BCUT2D eigenvalue weighted by Gasteiger charge is 2.21. The summed E-state index contributed by atoms with van der Waals surface area (Å²) >= 11 is 0. The van der Waals surface area contributed by atoms with E-state index >= 15 is 0 Å². The van der Waals surface area contributed by atoms with Crippen molar-refractivity contribution in [3.63, 3.8) is 0 Å². The van der Waals surface area contributed by atoms with Gasteiger partial charge in [0.25, 0.3) is 0 Å². The van der Waals surface area contributed by atoms with Crippen LogP contribution in [0.3, 0.4) is 0 Å². The third kappa shape index (κ3) is 6.71. The Bertz CT molecular complexity index is 513. The fourth-order valence-electron chi connectivity index (χ4n) is 3.17. The molecule has 0 spiro atoms. The van der Waals surface area contributed by atoms with Crippen LogP contribution in [0.15, 0.2) is 30.3 Å². The summed E-state index contributed by atoms with van der Waals surface area (Å²) in [5.74, 6) is -0.100. The van der Waals surface area contributed by atoms with Crippen LogP contribution in [-0.4, -0.2) is 48.9 Å². The van der Waals surface area contributed by atoms with E-state index in [0.717, 1.165) is 19.5 Å². The number of benzene rings is 1. The van der Waals surface area contributed by atoms with Crippen LogP contribution in [0.1, 0.15) is 38.2 Å². The molecule has 1 saturated heterocycles. The van der Waals surface area contributed by atoms with Crippen LogP contribution < -0.4 is 10.6 Å². The van der Waals surface area contributed by atoms with Crippen LogP contribution in [0.2, 0.25) is 0 Å². The number of carbonyl (C=O) groups excluding carboxylic acids is 2. The number of amides is 2. The molecule has 0 saturated carbocycles. The Balaban J connectivity index is 1.85. The smallest absolute Gasteiger partial charge is 0.221 e. The normalized spacial score (nSPS) is 16.4. The van der Waals surface area contributed by atoms with Crippen molar-refractivity contribution in [3.8, 4) is 0 Å². The molecule has 132 valence electrons. The van der Waals surface area contributed by atoms with Crippen molar-refractivity contribution in [3.05, 3.63) is 35.9 Å². The minimum atomic E-state index is -0.0990. The summed E-state index contributed by atoms with van der Waals surface area (Å²) in [6.07, 6.45) is 5.06. The SMILES string of the molecule is CC(=O)NCCC(=O)NCC(Cc1ccccc1)N1CCCCC1. The lowest BCUT2D eigenvalue weighted by atomic mass is 10.0. The largest absolute Gasteiger partial charge is 0.356 e. The van der Waals surface area contributed by atoms with Gasteiger partial charge in [-0.2, -0.15) is 0 Å². The molecule has 1 heterocycles. The molecule has 1 aliphatic heterocycles. The van der Waals surface area contributed by atoms with Crippen LogP contribution >= 0.6 is 0 Å². The quantitative estimate of drug-likeness (QED) is 0.762. The van der Waals surface area contributed by atoms with Gasteiger partial charge < -0.3 is 10.6 Å². The van der Waals surface area contributed by atoms with Gasteiger partial charge in [0.15, 0.2) is 0 Å². The minimum Gasteiger partial charge on any atom is -0.356 e. The Labute approximate surface area is 144 Å². The molecule has 1 aromatic carbocycles. The molecule has 0 bridgehead atoms. The standard InChI is InChI=1S/C19H29N3O2/c1-16(23)20-11-10-19(24)21-15-18(22-12-6-3-7-13-22)14-17-8-4-2-5-9-17/h2,4-5,8-9,18H,3,6-7,10-15H2,1H3,(H,20,23)(H,21,24). The fourth-order valence-corrected chi connectivity index (χ4v) is 3.17. The summed E-state index contributed by atoms with van der Waals surface area (Å²) < 4.78 is 0. The molecule has 5 heteroatoms. The van der Waals surface area contributed by atoms with Gasteiger partial charge >= 0.3 is 0 Å².